The molecule has 15 heavy (non-hydrogen) atoms. The number of aliphatic carboxylic acids is 1. The molecule has 0 aliphatic heterocycles. The van der Waals surface area contributed by atoms with Crippen molar-refractivity contribution < 1.29 is 9.90 Å². The van der Waals surface area contributed by atoms with Crippen molar-refractivity contribution in [2.24, 2.45) is 5.92 Å². The van der Waals surface area contributed by atoms with E-state index < -0.39 is 11.5 Å². The van der Waals surface area contributed by atoms with Crippen molar-refractivity contribution >= 4 is 17.7 Å². The van der Waals surface area contributed by atoms with Crippen LogP contribution in [0, 0.1) is 5.92 Å². The Morgan fingerprint density at radius 3 is 2.53 bits per heavy atom. The molecular formula is C11H23NO2S. The van der Waals surface area contributed by atoms with Gasteiger partial charge in [-0.2, -0.15) is 11.8 Å². The number of hydrogen-bond acceptors (Lipinski definition) is 3. The summed E-state index contributed by atoms with van der Waals surface area (Å²) in [6.45, 7) is 8.72. The number of rotatable bonds is 8. The van der Waals surface area contributed by atoms with Gasteiger partial charge in [-0.15, -0.1) is 0 Å². The van der Waals surface area contributed by atoms with Gasteiger partial charge in [0.1, 0.15) is 5.54 Å². The summed E-state index contributed by atoms with van der Waals surface area (Å²) in [6.07, 6.45) is 1.15. The average molecular weight is 233 g/mol. The minimum Gasteiger partial charge on any atom is -0.480 e. The lowest BCUT2D eigenvalue weighted by molar-refractivity contribution is -0.143. The first-order valence-electron chi connectivity index (χ1n) is 5.52. The topological polar surface area (TPSA) is 49.3 Å². The number of hydrogen-bond donors (Lipinski definition) is 2. The summed E-state index contributed by atoms with van der Waals surface area (Å²) in [5.74, 6) is 1.56. The molecule has 0 amide bonds. The van der Waals surface area contributed by atoms with E-state index in [-0.39, 0.29) is 0 Å². The van der Waals surface area contributed by atoms with Crippen LogP contribution in [-0.4, -0.2) is 34.7 Å². The van der Waals surface area contributed by atoms with E-state index in [2.05, 4.69) is 19.2 Å². The van der Waals surface area contributed by atoms with Crippen molar-refractivity contribution in [2.45, 2.75) is 39.7 Å². The fraction of sp³-hybridized carbons (Fsp3) is 0.909. The summed E-state index contributed by atoms with van der Waals surface area (Å²) in [7, 11) is 0. The Morgan fingerprint density at radius 1 is 1.53 bits per heavy atom. The van der Waals surface area contributed by atoms with Crippen LogP contribution in [0.3, 0.4) is 0 Å². The number of nitrogens with one attached hydrogen (secondary N) is 1. The third-order valence-corrected chi connectivity index (χ3v) is 4.12. The van der Waals surface area contributed by atoms with Gasteiger partial charge in [0.2, 0.25) is 0 Å². The summed E-state index contributed by atoms with van der Waals surface area (Å²) in [5.41, 5.74) is -0.785. The van der Waals surface area contributed by atoms with Gasteiger partial charge >= 0.3 is 5.97 Å². The lowest BCUT2D eigenvalue weighted by Crippen LogP contribution is -2.51. The van der Waals surface area contributed by atoms with Gasteiger partial charge in [0.25, 0.3) is 0 Å². The van der Waals surface area contributed by atoms with Crippen LogP contribution in [0.5, 0.6) is 0 Å². The van der Waals surface area contributed by atoms with Gasteiger partial charge in [-0.25, -0.2) is 0 Å². The zero-order chi connectivity index (χ0) is 11.9. The molecule has 0 aromatic heterocycles. The van der Waals surface area contributed by atoms with Gasteiger partial charge in [-0.05, 0) is 25.1 Å². The molecule has 0 aliphatic carbocycles. The number of carboxylic acids is 1. The fourth-order valence-corrected chi connectivity index (χ4v) is 2.55. The first kappa shape index (κ1) is 14.8. The molecule has 2 unspecified atom stereocenters. The van der Waals surface area contributed by atoms with E-state index in [1.54, 1.807) is 18.7 Å². The molecule has 0 radical (unpaired) electrons. The third kappa shape index (κ3) is 5.42. The second kappa shape index (κ2) is 7.12. The summed E-state index contributed by atoms with van der Waals surface area (Å²) in [4.78, 5) is 11.1. The summed E-state index contributed by atoms with van der Waals surface area (Å²) in [6, 6.07) is 0. The van der Waals surface area contributed by atoms with Crippen LogP contribution in [0.1, 0.15) is 34.1 Å². The maximum atomic E-state index is 11.1. The van der Waals surface area contributed by atoms with E-state index in [1.165, 1.54) is 0 Å². The molecule has 2 atom stereocenters. The number of likely N-dealkylation sites (N-methyl/N-ethyl adjacent to an activating group) is 1. The van der Waals surface area contributed by atoms with Gasteiger partial charge in [0, 0.05) is 5.75 Å². The van der Waals surface area contributed by atoms with Gasteiger partial charge in [0.15, 0.2) is 0 Å². The lowest BCUT2D eigenvalue weighted by atomic mass is 10.1. The smallest absolute Gasteiger partial charge is 0.324 e. The molecule has 3 nitrogen and oxygen atoms in total. The van der Waals surface area contributed by atoms with Crippen LogP contribution >= 0.6 is 11.8 Å². The normalized spacial score (nSPS) is 17.1. The Morgan fingerprint density at radius 2 is 2.13 bits per heavy atom. The van der Waals surface area contributed by atoms with Crippen molar-refractivity contribution in [3.63, 3.8) is 0 Å². The van der Waals surface area contributed by atoms with Gasteiger partial charge < -0.3 is 10.4 Å². The Bertz CT molecular complexity index is 199. The van der Waals surface area contributed by atoms with Crippen LogP contribution in [0.2, 0.25) is 0 Å². The highest BCUT2D eigenvalue weighted by Gasteiger charge is 2.31. The molecule has 0 bridgehead atoms. The van der Waals surface area contributed by atoms with Gasteiger partial charge in [-0.3, -0.25) is 4.79 Å². The summed E-state index contributed by atoms with van der Waals surface area (Å²) >= 11 is 1.72. The monoisotopic (exact) mass is 233 g/mol. The molecular weight excluding hydrogens is 210 g/mol. The van der Waals surface area contributed by atoms with Crippen LogP contribution in [0.4, 0.5) is 0 Å². The van der Waals surface area contributed by atoms with Crippen molar-refractivity contribution in [1.29, 1.82) is 0 Å². The minimum absolute atomic E-state index is 0.626. The maximum Gasteiger partial charge on any atom is 0.324 e. The predicted octanol–water partition coefficient (Wildman–Crippen LogP) is 2.22. The molecule has 0 aromatic carbocycles. The van der Waals surface area contributed by atoms with E-state index in [0.29, 0.717) is 18.2 Å². The molecule has 0 spiro atoms. The molecule has 90 valence electrons. The van der Waals surface area contributed by atoms with Crippen LogP contribution in [0.25, 0.3) is 0 Å². The zero-order valence-electron chi connectivity index (χ0n) is 10.2. The van der Waals surface area contributed by atoms with Crippen LogP contribution in [-0.2, 0) is 4.79 Å². The quantitative estimate of drug-likeness (QED) is 0.675. The van der Waals surface area contributed by atoms with E-state index >= 15 is 0 Å². The largest absolute Gasteiger partial charge is 0.480 e. The molecule has 4 heteroatoms. The molecule has 0 aliphatic rings. The lowest BCUT2D eigenvalue weighted by Gasteiger charge is -2.25. The Labute approximate surface area is 97.0 Å². The first-order valence-corrected chi connectivity index (χ1v) is 6.67. The summed E-state index contributed by atoms with van der Waals surface area (Å²) < 4.78 is 0. The highest BCUT2D eigenvalue weighted by molar-refractivity contribution is 7.99. The van der Waals surface area contributed by atoms with Crippen LogP contribution < -0.4 is 5.32 Å². The molecule has 0 saturated heterocycles. The number of carboxylic acid groups (broad SMARTS) is 1. The van der Waals surface area contributed by atoms with E-state index in [0.717, 1.165) is 12.2 Å². The Hall–Kier alpha value is -0.220. The third-order valence-electron chi connectivity index (χ3n) is 2.53. The standard InChI is InChI=1S/C11H23NO2S/c1-5-9(3)7-15-8-11(4,10(13)14)12-6-2/h9,12H,5-8H2,1-4H3,(H,13,14). The summed E-state index contributed by atoms with van der Waals surface area (Å²) in [5, 5.41) is 12.1. The SMILES string of the molecule is CCNC(C)(CSCC(C)CC)C(=O)O. The first-order chi connectivity index (χ1) is 6.96. The highest BCUT2D eigenvalue weighted by Crippen LogP contribution is 2.17. The fourth-order valence-electron chi connectivity index (χ4n) is 1.16. The second-order valence-electron chi connectivity index (χ2n) is 4.20. The van der Waals surface area contributed by atoms with Crippen molar-refractivity contribution in [3.8, 4) is 0 Å². The maximum absolute atomic E-state index is 11.1. The van der Waals surface area contributed by atoms with Crippen LogP contribution in [0.15, 0.2) is 0 Å². The van der Waals surface area contributed by atoms with Crippen molar-refractivity contribution in [2.75, 3.05) is 18.1 Å². The van der Waals surface area contributed by atoms with E-state index in [4.69, 9.17) is 5.11 Å². The molecule has 0 saturated carbocycles. The van der Waals surface area contributed by atoms with Gasteiger partial charge in [-0.1, -0.05) is 27.2 Å². The average Bonchev–Trinajstić information content (AvgIpc) is 2.17. The minimum atomic E-state index is -0.785. The van der Waals surface area contributed by atoms with Crippen molar-refractivity contribution in [3.05, 3.63) is 0 Å². The second-order valence-corrected chi connectivity index (χ2v) is 5.23. The number of carbonyl (C=O) groups is 1. The zero-order valence-corrected chi connectivity index (χ0v) is 11.0. The number of thioether (sulfide) groups is 1. The molecule has 0 rings (SSSR count). The van der Waals surface area contributed by atoms with E-state index in [1.807, 2.05) is 6.92 Å². The van der Waals surface area contributed by atoms with E-state index in [9.17, 15) is 4.79 Å². The van der Waals surface area contributed by atoms with Crippen molar-refractivity contribution in [1.82, 2.24) is 5.32 Å². The predicted molar refractivity (Wildman–Crippen MR) is 66.5 cm³/mol. The van der Waals surface area contributed by atoms with Gasteiger partial charge in [0.05, 0.1) is 0 Å². The molecule has 0 aromatic rings. The highest BCUT2D eigenvalue weighted by atomic mass is 32.2. The molecule has 0 heterocycles. The molecule has 0 fully saturated rings. The Balaban J connectivity index is 4.02. The molecule has 2 N–H and O–H groups in total. The Kier molecular flexibility index (Phi) is 7.02.